The Morgan fingerprint density at radius 1 is 0.606 bits per heavy atom. The predicted molar refractivity (Wildman–Crippen MR) is 141 cm³/mol. The van der Waals surface area contributed by atoms with Gasteiger partial charge in [-0.25, -0.2) is 0 Å². The van der Waals surface area contributed by atoms with Crippen molar-refractivity contribution in [2.75, 3.05) is 59.8 Å². The molecule has 1 aliphatic rings. The fraction of sp³-hybridized carbons (Fsp3) is 1.00. The molecule has 1 rings (SSSR count). The molecule has 1 atom stereocenters. The molecule has 1 fully saturated rings. The molecule has 33 heavy (non-hydrogen) atoms. The van der Waals surface area contributed by atoms with E-state index in [4.69, 9.17) is 29.5 Å². The van der Waals surface area contributed by atoms with Crippen LogP contribution < -0.4 is 0 Å². The third kappa shape index (κ3) is 98.9. The van der Waals surface area contributed by atoms with Crippen molar-refractivity contribution in [1.29, 1.82) is 0 Å². The second kappa shape index (κ2) is 69.8. The number of hydrogen-bond donors (Lipinski definition) is 3. The van der Waals surface area contributed by atoms with E-state index in [0.29, 0.717) is 19.8 Å². The van der Waals surface area contributed by atoms with E-state index in [1.165, 1.54) is 0 Å². The van der Waals surface area contributed by atoms with E-state index >= 15 is 0 Å². The first-order chi connectivity index (χ1) is 12.7. The van der Waals surface area contributed by atoms with Crippen molar-refractivity contribution in [2.45, 2.75) is 104 Å². The summed E-state index contributed by atoms with van der Waals surface area (Å²) >= 11 is 0. The molecule has 3 N–H and O–H groups in total. The van der Waals surface area contributed by atoms with E-state index in [9.17, 15) is 0 Å². The zero-order chi connectivity index (χ0) is 20.3. The molecule has 1 aliphatic heterocycles. The number of rotatable bonds is 13. The van der Waals surface area contributed by atoms with Crippen LogP contribution in [0.2, 0.25) is 0 Å². The maximum absolute atomic E-state index is 8.17. The molecule has 0 aromatic heterocycles. The molecule has 214 valence electrons. The topological polar surface area (TPSA) is 110 Å². The number of epoxide rings is 1. The van der Waals surface area contributed by atoms with Gasteiger partial charge in [0.1, 0.15) is 20.2 Å². The van der Waals surface area contributed by atoms with Crippen LogP contribution in [0, 0.1) is 0 Å². The van der Waals surface area contributed by atoms with Gasteiger partial charge in [-0.05, 0) is 25.7 Å². The van der Waals surface area contributed by atoms with E-state index in [1.54, 1.807) is 0 Å². The van der Waals surface area contributed by atoms with Crippen molar-refractivity contribution in [3.8, 4) is 0 Å². The molecule has 0 bridgehead atoms. The maximum atomic E-state index is 8.17. The number of hydrogen-bond acceptors (Lipinski definition) is 8. The molecule has 9 heteroatoms. The monoisotopic (exact) mass is 530 g/mol. The van der Waals surface area contributed by atoms with Crippen LogP contribution in [0.5, 0.6) is 0 Å². The summed E-state index contributed by atoms with van der Waals surface area (Å²) in [5, 5.41) is 24.1. The van der Waals surface area contributed by atoms with Gasteiger partial charge < -0.3 is 39.0 Å². The van der Waals surface area contributed by atoms with Gasteiger partial charge in [0, 0.05) is 48.1 Å². The van der Waals surface area contributed by atoms with Crippen LogP contribution in [0.3, 0.4) is 0 Å². The van der Waals surface area contributed by atoms with Crippen LogP contribution in [0.15, 0.2) is 0 Å². The molecule has 1 unspecified atom stereocenters. The SMILES string of the molecule is C.C.C.C.C.C.CCCOC1CO1.CCCOCCO.CCCOCO.CCCOCO.[Ti]. The van der Waals surface area contributed by atoms with E-state index < -0.39 is 0 Å². The van der Waals surface area contributed by atoms with Crippen LogP contribution >= 0.6 is 0 Å². The molecular weight excluding hydrogens is 464 g/mol. The van der Waals surface area contributed by atoms with Crippen LogP contribution in [-0.2, 0) is 45.4 Å². The minimum Gasteiger partial charge on any atom is -0.394 e. The maximum Gasteiger partial charge on any atom is 0.181 e. The predicted octanol–water partition coefficient (Wildman–Crippen LogP) is 5.71. The molecule has 1 saturated heterocycles. The first kappa shape index (κ1) is 64.0. The van der Waals surface area contributed by atoms with Crippen molar-refractivity contribution < 1.29 is 60.7 Å². The van der Waals surface area contributed by atoms with Crippen LogP contribution in [0.25, 0.3) is 0 Å². The van der Waals surface area contributed by atoms with Crippen LogP contribution in [0.4, 0.5) is 0 Å². The van der Waals surface area contributed by atoms with E-state index in [0.717, 1.165) is 45.5 Å². The van der Waals surface area contributed by atoms with Gasteiger partial charge >= 0.3 is 0 Å². The fourth-order valence-corrected chi connectivity index (χ4v) is 1.11. The molecule has 0 spiro atoms. The Kier molecular flexibility index (Phi) is 135. The Morgan fingerprint density at radius 2 is 0.939 bits per heavy atom. The zero-order valence-corrected chi connectivity index (χ0v) is 19.2. The van der Waals surface area contributed by atoms with Gasteiger partial charge in [-0.15, -0.1) is 0 Å². The summed E-state index contributed by atoms with van der Waals surface area (Å²) in [5.74, 6) is 0. The summed E-state index contributed by atoms with van der Waals surface area (Å²) in [6.45, 7) is 12.2. The Bertz CT molecular complexity index is 193. The number of aliphatic hydroxyl groups excluding tert-OH is 3. The average molecular weight is 531 g/mol. The quantitative estimate of drug-likeness (QED) is 0.120. The van der Waals surface area contributed by atoms with Crippen molar-refractivity contribution in [3.05, 3.63) is 0 Å². The first-order valence-corrected chi connectivity index (χ1v) is 9.47. The van der Waals surface area contributed by atoms with E-state index in [1.807, 2.05) is 20.8 Å². The van der Waals surface area contributed by atoms with Gasteiger partial charge in [0.25, 0.3) is 0 Å². The van der Waals surface area contributed by atoms with Crippen molar-refractivity contribution in [2.24, 2.45) is 0 Å². The molecule has 0 aliphatic carbocycles. The molecule has 0 saturated carbocycles. The summed E-state index contributed by atoms with van der Waals surface area (Å²) < 4.78 is 23.8. The first-order valence-electron chi connectivity index (χ1n) is 9.47. The summed E-state index contributed by atoms with van der Waals surface area (Å²) in [4.78, 5) is 0. The van der Waals surface area contributed by atoms with E-state index in [2.05, 4.69) is 16.4 Å². The Labute approximate surface area is 224 Å². The van der Waals surface area contributed by atoms with Crippen LogP contribution in [0.1, 0.15) is 97.9 Å². The summed E-state index contributed by atoms with van der Waals surface area (Å²) in [6, 6.07) is 0. The Morgan fingerprint density at radius 3 is 1.15 bits per heavy atom. The molecule has 0 amide bonds. The van der Waals surface area contributed by atoms with E-state index in [-0.39, 0.29) is 92.8 Å². The smallest absolute Gasteiger partial charge is 0.181 e. The normalized spacial score (nSPS) is 11.2. The van der Waals surface area contributed by atoms with Crippen molar-refractivity contribution in [1.82, 2.24) is 0 Å². The third-order valence-corrected chi connectivity index (χ3v) is 2.27. The van der Waals surface area contributed by atoms with Gasteiger partial charge in [-0.1, -0.05) is 72.3 Å². The standard InChI is InChI=1S/C5H10O2.C5H12O2.2C4H10O2.6CH4.Ti/c1-2-3-6-5-4-7-5;1-2-4-7-5-3-6;2*1-2-3-6-4-5;;;;;;;/h5H,2-4H2,1H3;6H,2-5H2,1H3;2*5H,2-4H2,1H3;6*1H4;. The van der Waals surface area contributed by atoms with Gasteiger partial charge in [0.2, 0.25) is 0 Å². The minimum atomic E-state index is -0.145. The summed E-state index contributed by atoms with van der Waals surface area (Å²) in [7, 11) is 0. The molecule has 8 nitrogen and oxygen atoms in total. The van der Waals surface area contributed by atoms with Crippen molar-refractivity contribution in [3.63, 3.8) is 0 Å². The Hall–Kier alpha value is 0.394. The molecule has 0 aromatic carbocycles. The zero-order valence-electron chi connectivity index (χ0n) is 17.7. The molecule has 0 aromatic rings. The summed E-state index contributed by atoms with van der Waals surface area (Å²) in [6.07, 6.45) is 4.21. The van der Waals surface area contributed by atoms with Crippen molar-refractivity contribution >= 4 is 0 Å². The third-order valence-electron chi connectivity index (χ3n) is 2.27. The second-order valence-corrected chi connectivity index (χ2v) is 5.04. The largest absolute Gasteiger partial charge is 0.394 e. The molecule has 0 radical (unpaired) electrons. The van der Waals surface area contributed by atoms with Gasteiger partial charge in [-0.3, -0.25) is 0 Å². The minimum absolute atomic E-state index is 0. The molecular formula is C24H66O8Ti. The van der Waals surface area contributed by atoms with Crippen LogP contribution in [-0.4, -0.2) is 81.4 Å². The molecule has 1 heterocycles. The van der Waals surface area contributed by atoms with Gasteiger partial charge in [0.15, 0.2) is 6.29 Å². The summed E-state index contributed by atoms with van der Waals surface area (Å²) in [5.41, 5.74) is 0. The van der Waals surface area contributed by atoms with Gasteiger partial charge in [0.05, 0.1) is 13.2 Å². The number of ether oxygens (including phenoxy) is 5. The fourth-order valence-electron chi connectivity index (χ4n) is 1.11. The second-order valence-electron chi connectivity index (χ2n) is 5.04. The Balaban J connectivity index is -0.0000000250. The number of aliphatic hydroxyl groups is 3. The van der Waals surface area contributed by atoms with Gasteiger partial charge in [-0.2, -0.15) is 0 Å². The average Bonchev–Trinajstić information content (AvgIpc) is 3.49.